The summed E-state index contributed by atoms with van der Waals surface area (Å²) in [4.78, 5) is 20.8. The van der Waals surface area contributed by atoms with Crippen LogP contribution >= 0.6 is 0 Å². The smallest absolute Gasteiger partial charge is 0.404 e. The lowest BCUT2D eigenvalue weighted by Crippen LogP contribution is -2.32. The van der Waals surface area contributed by atoms with Crippen molar-refractivity contribution in [3.05, 3.63) is 0 Å². The van der Waals surface area contributed by atoms with Crippen molar-refractivity contribution in [1.82, 2.24) is 0 Å². The lowest BCUT2D eigenvalue weighted by Gasteiger charge is -2.26. The zero-order chi connectivity index (χ0) is 10.6. The van der Waals surface area contributed by atoms with Crippen molar-refractivity contribution in [2.75, 3.05) is 0 Å². The van der Waals surface area contributed by atoms with Crippen molar-refractivity contribution in [3.8, 4) is 0 Å². The molecule has 6 heteroatoms. The molecule has 0 unspecified atom stereocenters. The molecular weight excluding hydrogens is 188 g/mol. The fourth-order valence-corrected chi connectivity index (χ4v) is 1.60. The van der Waals surface area contributed by atoms with Crippen LogP contribution in [0.1, 0.15) is 25.7 Å². The molecule has 0 aromatic carbocycles. The first-order valence-electron chi connectivity index (χ1n) is 4.50. The molecule has 1 saturated carbocycles. The molecule has 0 atom stereocenters. The second-order valence-electron chi connectivity index (χ2n) is 3.27. The topological polar surface area (TPSA) is 105 Å². The minimum Gasteiger partial charge on any atom is -0.446 e. The Morgan fingerprint density at radius 2 is 1.14 bits per heavy atom. The number of primary amides is 2. The number of nitrogens with two attached hydrogens (primary N) is 2. The van der Waals surface area contributed by atoms with Crippen LogP contribution in [0, 0.1) is 0 Å². The third-order valence-electron chi connectivity index (χ3n) is 2.19. The van der Waals surface area contributed by atoms with E-state index >= 15 is 0 Å². The van der Waals surface area contributed by atoms with Crippen molar-refractivity contribution in [2.24, 2.45) is 11.5 Å². The van der Waals surface area contributed by atoms with Gasteiger partial charge in [-0.2, -0.15) is 0 Å². The minimum absolute atomic E-state index is 0.153. The monoisotopic (exact) mass is 202 g/mol. The molecule has 0 aromatic heterocycles. The molecule has 1 aliphatic carbocycles. The predicted octanol–water partition coefficient (Wildman–Crippen LogP) is 0.488. The maximum atomic E-state index is 10.4. The van der Waals surface area contributed by atoms with Gasteiger partial charge in [0.2, 0.25) is 0 Å². The Balaban J connectivity index is 2.24. The fraction of sp³-hybridized carbons (Fsp3) is 0.750. The Kier molecular flexibility index (Phi) is 3.55. The number of hydrogen-bond donors (Lipinski definition) is 2. The summed E-state index contributed by atoms with van der Waals surface area (Å²) < 4.78 is 9.62. The van der Waals surface area contributed by atoms with Gasteiger partial charge in [-0.05, 0) is 25.7 Å². The highest BCUT2D eigenvalue weighted by atomic mass is 16.6. The van der Waals surface area contributed by atoms with E-state index in [1.807, 2.05) is 0 Å². The summed E-state index contributed by atoms with van der Waals surface area (Å²) in [6, 6.07) is 0. The van der Waals surface area contributed by atoms with Gasteiger partial charge in [-0.15, -0.1) is 0 Å². The summed E-state index contributed by atoms with van der Waals surface area (Å²) in [6.45, 7) is 0. The predicted molar refractivity (Wildman–Crippen MR) is 47.4 cm³/mol. The quantitative estimate of drug-likeness (QED) is 0.679. The van der Waals surface area contributed by atoms with Crippen molar-refractivity contribution in [1.29, 1.82) is 0 Å². The lowest BCUT2D eigenvalue weighted by atomic mass is 9.95. The van der Waals surface area contributed by atoms with E-state index in [2.05, 4.69) is 0 Å². The Hall–Kier alpha value is -1.46. The van der Waals surface area contributed by atoms with E-state index in [-0.39, 0.29) is 12.2 Å². The molecule has 1 fully saturated rings. The van der Waals surface area contributed by atoms with Gasteiger partial charge in [0.15, 0.2) is 0 Å². The second kappa shape index (κ2) is 4.69. The first kappa shape index (κ1) is 10.6. The van der Waals surface area contributed by atoms with Crippen molar-refractivity contribution < 1.29 is 19.1 Å². The molecule has 0 heterocycles. The third kappa shape index (κ3) is 3.51. The van der Waals surface area contributed by atoms with Gasteiger partial charge in [-0.1, -0.05) is 0 Å². The van der Waals surface area contributed by atoms with E-state index < -0.39 is 12.2 Å². The third-order valence-corrected chi connectivity index (χ3v) is 2.19. The summed E-state index contributed by atoms with van der Waals surface area (Å²) in [5.74, 6) is 0. The standard InChI is InChI=1S/C8H14N2O4/c9-7(11)13-5-1-2-6(4-3-5)14-8(10)12/h5-6H,1-4H2,(H2,9,11)(H2,10,12). The van der Waals surface area contributed by atoms with Gasteiger partial charge >= 0.3 is 12.2 Å². The Morgan fingerprint density at radius 3 is 1.36 bits per heavy atom. The van der Waals surface area contributed by atoms with Gasteiger partial charge < -0.3 is 20.9 Å². The maximum absolute atomic E-state index is 10.4. The normalized spacial score (nSPS) is 26.6. The molecule has 2 amide bonds. The number of amides is 2. The van der Waals surface area contributed by atoms with Crippen LogP contribution in [-0.2, 0) is 9.47 Å². The molecule has 1 aliphatic rings. The van der Waals surface area contributed by atoms with Crippen LogP contribution in [0.2, 0.25) is 0 Å². The Morgan fingerprint density at radius 1 is 0.857 bits per heavy atom. The Labute approximate surface area is 81.5 Å². The van der Waals surface area contributed by atoms with E-state index in [1.165, 1.54) is 0 Å². The van der Waals surface area contributed by atoms with Gasteiger partial charge in [0.25, 0.3) is 0 Å². The summed E-state index contributed by atoms with van der Waals surface area (Å²) in [7, 11) is 0. The molecule has 0 bridgehead atoms. The fourth-order valence-electron chi connectivity index (χ4n) is 1.60. The average Bonchev–Trinajstić information content (AvgIpc) is 2.06. The van der Waals surface area contributed by atoms with Crippen LogP contribution < -0.4 is 11.5 Å². The molecule has 0 radical (unpaired) electrons. The van der Waals surface area contributed by atoms with Crippen molar-refractivity contribution in [3.63, 3.8) is 0 Å². The van der Waals surface area contributed by atoms with Gasteiger partial charge in [-0.25, -0.2) is 9.59 Å². The highest BCUT2D eigenvalue weighted by Crippen LogP contribution is 2.23. The van der Waals surface area contributed by atoms with Crippen LogP contribution in [0.15, 0.2) is 0 Å². The number of carbonyl (C=O) groups excluding carboxylic acids is 2. The molecule has 1 rings (SSSR count). The van der Waals surface area contributed by atoms with E-state index in [0.29, 0.717) is 25.7 Å². The number of rotatable bonds is 2. The maximum Gasteiger partial charge on any atom is 0.404 e. The van der Waals surface area contributed by atoms with Crippen molar-refractivity contribution >= 4 is 12.2 Å². The average molecular weight is 202 g/mol. The van der Waals surface area contributed by atoms with E-state index in [4.69, 9.17) is 20.9 Å². The van der Waals surface area contributed by atoms with Crippen LogP contribution in [0.4, 0.5) is 9.59 Å². The molecule has 80 valence electrons. The number of carbonyl (C=O) groups is 2. The Bertz CT molecular complexity index is 199. The van der Waals surface area contributed by atoms with Gasteiger partial charge in [0.05, 0.1) is 0 Å². The van der Waals surface area contributed by atoms with Gasteiger partial charge in [-0.3, -0.25) is 0 Å². The first-order chi connectivity index (χ1) is 6.58. The largest absolute Gasteiger partial charge is 0.446 e. The van der Waals surface area contributed by atoms with E-state index in [0.717, 1.165) is 0 Å². The van der Waals surface area contributed by atoms with Crippen LogP contribution in [-0.4, -0.2) is 24.4 Å². The van der Waals surface area contributed by atoms with Crippen molar-refractivity contribution in [2.45, 2.75) is 37.9 Å². The number of hydrogen-bond acceptors (Lipinski definition) is 4. The van der Waals surface area contributed by atoms with E-state index in [1.54, 1.807) is 0 Å². The second-order valence-corrected chi connectivity index (χ2v) is 3.27. The van der Waals surface area contributed by atoms with Crippen LogP contribution in [0.25, 0.3) is 0 Å². The molecule has 0 saturated heterocycles. The first-order valence-corrected chi connectivity index (χ1v) is 4.50. The summed E-state index contributed by atoms with van der Waals surface area (Å²) in [6.07, 6.45) is 0.790. The summed E-state index contributed by atoms with van der Waals surface area (Å²) in [5.41, 5.74) is 9.74. The number of ether oxygens (including phenoxy) is 2. The molecule has 4 N–H and O–H groups in total. The highest BCUT2D eigenvalue weighted by Gasteiger charge is 2.24. The van der Waals surface area contributed by atoms with E-state index in [9.17, 15) is 9.59 Å². The molecule has 6 nitrogen and oxygen atoms in total. The molecule has 0 aliphatic heterocycles. The molecule has 14 heavy (non-hydrogen) atoms. The molecule has 0 aromatic rings. The molecule has 0 spiro atoms. The van der Waals surface area contributed by atoms with Crippen LogP contribution in [0.3, 0.4) is 0 Å². The summed E-state index contributed by atoms with van der Waals surface area (Å²) >= 11 is 0. The highest BCUT2D eigenvalue weighted by molar-refractivity contribution is 5.65. The van der Waals surface area contributed by atoms with Gasteiger partial charge in [0, 0.05) is 0 Å². The van der Waals surface area contributed by atoms with Crippen LogP contribution in [0.5, 0.6) is 0 Å². The zero-order valence-corrected chi connectivity index (χ0v) is 7.77. The lowest BCUT2D eigenvalue weighted by molar-refractivity contribution is 0.0276. The zero-order valence-electron chi connectivity index (χ0n) is 7.77. The summed E-state index contributed by atoms with van der Waals surface area (Å²) in [5, 5.41) is 0. The van der Waals surface area contributed by atoms with Gasteiger partial charge in [0.1, 0.15) is 12.2 Å². The minimum atomic E-state index is -0.760. The SMILES string of the molecule is NC(=O)OC1CCC(OC(N)=O)CC1. The molecular formula is C8H14N2O4.